The van der Waals surface area contributed by atoms with Gasteiger partial charge in [-0.25, -0.2) is 4.98 Å². The van der Waals surface area contributed by atoms with Crippen molar-refractivity contribution in [1.82, 2.24) is 14.8 Å². The third-order valence-electron chi connectivity index (χ3n) is 4.69. The van der Waals surface area contributed by atoms with E-state index < -0.39 is 0 Å². The lowest BCUT2D eigenvalue weighted by Gasteiger charge is -2.24. The van der Waals surface area contributed by atoms with Crippen LogP contribution in [0.5, 0.6) is 0 Å². The number of furan rings is 1. The van der Waals surface area contributed by atoms with Crippen molar-refractivity contribution in [2.24, 2.45) is 0 Å². The summed E-state index contributed by atoms with van der Waals surface area (Å²) in [6.07, 6.45) is 5.18. The number of carbonyl (C=O) groups is 1. The summed E-state index contributed by atoms with van der Waals surface area (Å²) in [7, 11) is 0. The summed E-state index contributed by atoms with van der Waals surface area (Å²) in [6.45, 7) is 4.57. The van der Waals surface area contributed by atoms with Crippen molar-refractivity contribution in [2.75, 3.05) is 6.54 Å². The van der Waals surface area contributed by atoms with Crippen LogP contribution in [0.3, 0.4) is 0 Å². The van der Waals surface area contributed by atoms with Crippen molar-refractivity contribution in [2.45, 2.75) is 44.9 Å². The molecule has 0 bridgehead atoms. The Morgan fingerprint density at radius 3 is 3.05 bits per heavy atom. The minimum atomic E-state index is 0.262. The Morgan fingerprint density at radius 1 is 1.41 bits per heavy atom. The maximum atomic E-state index is 12.4. The zero-order valence-electron chi connectivity index (χ0n) is 12.6. The summed E-state index contributed by atoms with van der Waals surface area (Å²) in [5.74, 6) is 0.262. The second kappa shape index (κ2) is 5.52. The Balaban J connectivity index is 1.47. The van der Waals surface area contributed by atoms with Gasteiger partial charge in [-0.05, 0) is 19.4 Å². The number of hydrogen-bond donors (Lipinski definition) is 0. The number of rotatable bonds is 4. The molecule has 1 amide bonds. The largest absolute Gasteiger partial charge is 0.472 e. The van der Waals surface area contributed by atoms with Gasteiger partial charge in [-0.3, -0.25) is 9.69 Å². The highest BCUT2D eigenvalue weighted by Crippen LogP contribution is 2.34. The molecule has 0 spiro atoms. The Kier molecular flexibility index (Phi) is 3.50. The zero-order valence-corrected chi connectivity index (χ0v) is 13.4. The molecule has 0 N–H and O–H groups in total. The number of amides is 1. The van der Waals surface area contributed by atoms with Crippen molar-refractivity contribution < 1.29 is 9.21 Å². The fourth-order valence-electron chi connectivity index (χ4n) is 3.68. The van der Waals surface area contributed by atoms with E-state index in [0.717, 1.165) is 30.2 Å². The third kappa shape index (κ3) is 2.46. The van der Waals surface area contributed by atoms with Gasteiger partial charge in [-0.2, -0.15) is 0 Å². The molecule has 0 aliphatic carbocycles. The highest BCUT2D eigenvalue weighted by Gasteiger charge is 2.46. The van der Waals surface area contributed by atoms with Crippen molar-refractivity contribution >= 4 is 17.2 Å². The Bertz CT molecular complexity index is 667. The van der Waals surface area contributed by atoms with Crippen molar-refractivity contribution in [3.8, 4) is 0 Å². The van der Waals surface area contributed by atoms with E-state index in [2.05, 4.69) is 15.3 Å². The van der Waals surface area contributed by atoms with Crippen LogP contribution < -0.4 is 0 Å². The number of carbonyl (C=O) groups excluding carboxylic acids is 1. The third-order valence-corrected chi connectivity index (χ3v) is 5.52. The first-order chi connectivity index (χ1) is 10.7. The number of thiazole rings is 1. The first kappa shape index (κ1) is 14.0. The zero-order chi connectivity index (χ0) is 15.1. The predicted octanol–water partition coefficient (Wildman–Crippen LogP) is 2.42. The maximum Gasteiger partial charge on any atom is 0.224 e. The average Bonchev–Trinajstić information content (AvgIpc) is 3.23. The van der Waals surface area contributed by atoms with Gasteiger partial charge in [0.25, 0.3) is 0 Å². The summed E-state index contributed by atoms with van der Waals surface area (Å²) in [5.41, 5.74) is 2.20. The minimum absolute atomic E-state index is 0.262. The Morgan fingerprint density at radius 2 is 2.32 bits per heavy atom. The van der Waals surface area contributed by atoms with Gasteiger partial charge in [0, 0.05) is 42.5 Å². The van der Waals surface area contributed by atoms with E-state index >= 15 is 0 Å². The molecule has 4 rings (SSSR count). The van der Waals surface area contributed by atoms with Crippen LogP contribution in [0.15, 0.2) is 28.4 Å². The van der Waals surface area contributed by atoms with E-state index in [9.17, 15) is 4.79 Å². The van der Waals surface area contributed by atoms with Gasteiger partial charge in [0.05, 0.1) is 29.8 Å². The SMILES string of the molecule is Cc1nc(CN2C(=O)C[C@@H]3[C@@H]2CCN3Cc2ccoc2)cs1. The first-order valence-electron chi connectivity index (χ1n) is 7.66. The minimum Gasteiger partial charge on any atom is -0.472 e. The number of fused-ring (bicyclic) bond motifs is 1. The number of hydrogen-bond acceptors (Lipinski definition) is 5. The smallest absolute Gasteiger partial charge is 0.224 e. The van der Waals surface area contributed by atoms with Gasteiger partial charge >= 0.3 is 0 Å². The molecule has 2 saturated heterocycles. The van der Waals surface area contributed by atoms with Crippen LogP contribution in [0.1, 0.15) is 29.1 Å². The molecule has 6 heteroatoms. The van der Waals surface area contributed by atoms with E-state index in [1.165, 1.54) is 5.56 Å². The van der Waals surface area contributed by atoms with Crippen LogP contribution in [-0.4, -0.2) is 39.3 Å². The van der Waals surface area contributed by atoms with Crippen LogP contribution in [0.2, 0.25) is 0 Å². The van der Waals surface area contributed by atoms with E-state index in [-0.39, 0.29) is 5.91 Å². The molecule has 2 atom stereocenters. The summed E-state index contributed by atoms with van der Waals surface area (Å²) < 4.78 is 5.15. The van der Waals surface area contributed by atoms with Gasteiger partial charge in [0.15, 0.2) is 0 Å². The standard InChI is InChI=1S/C16H19N3O2S/c1-11-17-13(10-22-11)8-19-14-2-4-18(15(14)6-16(19)20)7-12-3-5-21-9-12/h3,5,9-10,14-15H,2,4,6-8H2,1H3/t14-,15+/m0/s1. The molecular weight excluding hydrogens is 298 g/mol. The Labute approximate surface area is 133 Å². The second-order valence-corrected chi connectivity index (χ2v) is 7.17. The second-order valence-electron chi connectivity index (χ2n) is 6.11. The summed E-state index contributed by atoms with van der Waals surface area (Å²) in [5, 5.41) is 3.12. The Hall–Kier alpha value is -1.66. The molecule has 22 heavy (non-hydrogen) atoms. The van der Waals surface area contributed by atoms with Crippen molar-refractivity contribution in [1.29, 1.82) is 0 Å². The van der Waals surface area contributed by atoms with Crippen molar-refractivity contribution in [3.05, 3.63) is 40.2 Å². The quantitative estimate of drug-likeness (QED) is 0.869. The fraction of sp³-hybridized carbons (Fsp3) is 0.500. The molecule has 2 aliphatic heterocycles. The average molecular weight is 317 g/mol. The van der Waals surface area contributed by atoms with Crippen LogP contribution in [-0.2, 0) is 17.9 Å². The number of nitrogens with zero attached hydrogens (tertiary/aromatic N) is 3. The molecular formula is C16H19N3O2S. The number of aryl methyl sites for hydroxylation is 1. The highest BCUT2D eigenvalue weighted by atomic mass is 32.1. The lowest BCUT2D eigenvalue weighted by molar-refractivity contribution is -0.129. The van der Waals surface area contributed by atoms with Gasteiger partial charge in [-0.1, -0.05) is 0 Å². The van der Waals surface area contributed by atoms with Crippen LogP contribution >= 0.6 is 11.3 Å². The topological polar surface area (TPSA) is 49.6 Å². The molecule has 2 aromatic heterocycles. The number of likely N-dealkylation sites (tertiary alicyclic amines) is 2. The molecule has 4 heterocycles. The lowest BCUT2D eigenvalue weighted by atomic mass is 10.1. The summed E-state index contributed by atoms with van der Waals surface area (Å²) in [6, 6.07) is 2.67. The van der Waals surface area contributed by atoms with E-state index in [1.807, 2.05) is 17.9 Å². The monoisotopic (exact) mass is 317 g/mol. The van der Waals surface area contributed by atoms with E-state index in [1.54, 1.807) is 23.9 Å². The molecule has 0 aromatic carbocycles. The number of aromatic nitrogens is 1. The highest BCUT2D eigenvalue weighted by molar-refractivity contribution is 7.09. The molecule has 2 aliphatic rings. The van der Waals surface area contributed by atoms with Crippen molar-refractivity contribution in [3.63, 3.8) is 0 Å². The van der Waals surface area contributed by atoms with E-state index in [4.69, 9.17) is 4.42 Å². The summed E-state index contributed by atoms with van der Waals surface area (Å²) in [4.78, 5) is 21.4. The lowest BCUT2D eigenvalue weighted by Crippen LogP contribution is -2.36. The summed E-state index contributed by atoms with van der Waals surface area (Å²) >= 11 is 1.65. The van der Waals surface area contributed by atoms with Gasteiger partial charge in [0.1, 0.15) is 0 Å². The normalized spacial score (nSPS) is 25.1. The van der Waals surface area contributed by atoms with E-state index in [0.29, 0.717) is 25.0 Å². The molecule has 2 fully saturated rings. The van der Waals surface area contributed by atoms with Crippen LogP contribution in [0.25, 0.3) is 0 Å². The van der Waals surface area contributed by atoms with Crippen LogP contribution in [0, 0.1) is 6.92 Å². The predicted molar refractivity (Wildman–Crippen MR) is 83.3 cm³/mol. The molecule has 0 saturated carbocycles. The van der Waals surface area contributed by atoms with Crippen LogP contribution in [0.4, 0.5) is 0 Å². The molecule has 5 nitrogen and oxygen atoms in total. The fourth-order valence-corrected chi connectivity index (χ4v) is 4.29. The molecule has 0 unspecified atom stereocenters. The van der Waals surface area contributed by atoms with Gasteiger partial charge in [-0.15, -0.1) is 11.3 Å². The van der Waals surface area contributed by atoms with Gasteiger partial charge < -0.3 is 9.32 Å². The maximum absolute atomic E-state index is 12.4. The molecule has 2 aromatic rings. The molecule has 0 radical (unpaired) electrons. The molecule has 116 valence electrons. The van der Waals surface area contributed by atoms with Gasteiger partial charge in [0.2, 0.25) is 5.91 Å². The first-order valence-corrected chi connectivity index (χ1v) is 8.54.